The molecule has 3 aromatic heterocycles. The highest BCUT2D eigenvalue weighted by atomic mass is 19.4. The van der Waals surface area contributed by atoms with Crippen LogP contribution < -0.4 is 15.4 Å². The van der Waals surface area contributed by atoms with Crippen molar-refractivity contribution < 1.29 is 22.6 Å². The number of alkyl halides is 3. The molecule has 0 saturated carbocycles. The van der Waals surface area contributed by atoms with E-state index >= 15 is 0 Å². The molecule has 0 atom stereocenters. The molecule has 0 aliphatic heterocycles. The molecule has 37 heavy (non-hydrogen) atoms. The van der Waals surface area contributed by atoms with Crippen molar-refractivity contribution in [2.75, 3.05) is 23.8 Å². The van der Waals surface area contributed by atoms with Crippen LogP contribution in [0, 0.1) is 6.92 Å². The van der Waals surface area contributed by atoms with E-state index in [9.17, 15) is 13.2 Å². The van der Waals surface area contributed by atoms with Crippen molar-refractivity contribution in [3.8, 4) is 11.5 Å². The van der Waals surface area contributed by atoms with Gasteiger partial charge in [0.1, 0.15) is 28.9 Å². The second-order valence-corrected chi connectivity index (χ2v) is 8.08. The minimum Gasteiger partial charge on any atom is -0.457 e. The summed E-state index contributed by atoms with van der Waals surface area (Å²) in [5.41, 5.74) is 4.34. The third-order valence-electron chi connectivity index (χ3n) is 5.39. The minimum absolute atomic E-state index is 0.126. The first-order valence-corrected chi connectivity index (χ1v) is 11.1. The van der Waals surface area contributed by atoms with Gasteiger partial charge < -0.3 is 19.9 Å². The first kappa shape index (κ1) is 24.2. The molecular formula is C24H21F3N8O2. The maximum Gasteiger partial charge on any atom is 0.522 e. The van der Waals surface area contributed by atoms with Gasteiger partial charge in [0.15, 0.2) is 5.82 Å². The molecule has 13 heteroatoms. The summed E-state index contributed by atoms with van der Waals surface area (Å²) >= 11 is 0. The van der Waals surface area contributed by atoms with Gasteiger partial charge >= 0.3 is 6.36 Å². The molecule has 5 aromatic rings. The first-order chi connectivity index (χ1) is 17.7. The van der Waals surface area contributed by atoms with Crippen molar-refractivity contribution in [2.24, 2.45) is 7.05 Å². The number of aryl methyl sites for hydroxylation is 2. The van der Waals surface area contributed by atoms with Crippen LogP contribution >= 0.6 is 0 Å². The summed E-state index contributed by atoms with van der Waals surface area (Å²) in [4.78, 5) is 21.2. The summed E-state index contributed by atoms with van der Waals surface area (Å²) in [5.74, 6) is 1.90. The number of nitrogens with one attached hydrogen (secondary N) is 2. The van der Waals surface area contributed by atoms with Crippen LogP contribution in [-0.4, -0.2) is 49.0 Å². The van der Waals surface area contributed by atoms with E-state index in [0.717, 1.165) is 22.3 Å². The van der Waals surface area contributed by atoms with Crippen LogP contribution in [0.15, 0.2) is 55.2 Å². The lowest BCUT2D eigenvalue weighted by atomic mass is 10.2. The molecule has 0 spiro atoms. The molecule has 0 radical (unpaired) electrons. The predicted octanol–water partition coefficient (Wildman–Crippen LogP) is 5.10. The third-order valence-corrected chi connectivity index (χ3v) is 5.39. The minimum atomic E-state index is -4.69. The number of benzene rings is 2. The van der Waals surface area contributed by atoms with Gasteiger partial charge in [-0.05, 0) is 42.8 Å². The standard InChI is InChI=1S/C24H21F3N8O2/c1-14-9-15(3-6-20(14)37-16-4-5-19-17(10-16)32-13-35(19)2)33-22-21-18(30-12-31-22)11-29-23(34-21)28-7-8-36-24(25,26)27/h3-6,9-13H,7-8H2,1-2H3,(H,28,29,34)(H,30,31,33). The van der Waals surface area contributed by atoms with Crippen LogP contribution in [0.25, 0.3) is 22.1 Å². The average Bonchev–Trinajstić information content (AvgIpc) is 3.23. The fraction of sp³-hybridized carbons (Fsp3) is 0.208. The summed E-state index contributed by atoms with van der Waals surface area (Å²) in [5, 5.41) is 5.91. The fourth-order valence-corrected chi connectivity index (χ4v) is 3.65. The summed E-state index contributed by atoms with van der Waals surface area (Å²) in [6.45, 7) is 1.21. The smallest absolute Gasteiger partial charge is 0.457 e. The van der Waals surface area contributed by atoms with Crippen LogP contribution in [0.2, 0.25) is 0 Å². The van der Waals surface area contributed by atoms with Crippen molar-refractivity contribution in [1.82, 2.24) is 29.5 Å². The average molecular weight is 510 g/mol. The van der Waals surface area contributed by atoms with Crippen LogP contribution in [-0.2, 0) is 11.8 Å². The third kappa shape index (κ3) is 5.67. The number of imidazole rings is 1. The fourth-order valence-electron chi connectivity index (χ4n) is 3.65. The Balaban J connectivity index is 1.31. The first-order valence-electron chi connectivity index (χ1n) is 11.1. The highest BCUT2D eigenvalue weighted by Crippen LogP contribution is 2.30. The van der Waals surface area contributed by atoms with Crippen LogP contribution in [0.1, 0.15) is 5.56 Å². The van der Waals surface area contributed by atoms with Gasteiger partial charge in [-0.2, -0.15) is 0 Å². The number of nitrogens with zero attached hydrogens (tertiary/aromatic N) is 6. The predicted molar refractivity (Wildman–Crippen MR) is 131 cm³/mol. The number of rotatable bonds is 8. The molecule has 0 bridgehead atoms. The lowest BCUT2D eigenvalue weighted by Crippen LogP contribution is -2.19. The van der Waals surface area contributed by atoms with E-state index in [0.29, 0.717) is 28.4 Å². The van der Waals surface area contributed by atoms with Crippen molar-refractivity contribution in [3.05, 3.63) is 60.8 Å². The van der Waals surface area contributed by atoms with Gasteiger partial charge in [-0.15, -0.1) is 13.2 Å². The number of ether oxygens (including phenoxy) is 2. The van der Waals surface area contributed by atoms with Gasteiger partial charge in [-0.3, -0.25) is 4.74 Å². The summed E-state index contributed by atoms with van der Waals surface area (Å²) in [7, 11) is 1.93. The molecule has 0 amide bonds. The van der Waals surface area contributed by atoms with Gasteiger partial charge in [-0.25, -0.2) is 24.9 Å². The number of fused-ring (bicyclic) bond motifs is 2. The quantitative estimate of drug-likeness (QED) is 0.275. The lowest BCUT2D eigenvalue weighted by Gasteiger charge is -2.13. The molecule has 5 rings (SSSR count). The molecule has 10 nitrogen and oxygen atoms in total. The van der Waals surface area contributed by atoms with Gasteiger partial charge in [0.2, 0.25) is 5.95 Å². The summed E-state index contributed by atoms with van der Waals surface area (Å²) < 4.78 is 48.2. The van der Waals surface area contributed by atoms with Crippen LogP contribution in [0.4, 0.5) is 30.6 Å². The van der Waals surface area contributed by atoms with E-state index in [4.69, 9.17) is 4.74 Å². The van der Waals surface area contributed by atoms with Crippen LogP contribution in [0.3, 0.4) is 0 Å². The Bertz CT molecular complexity index is 1570. The second kappa shape index (κ2) is 9.85. The number of aromatic nitrogens is 6. The van der Waals surface area contributed by atoms with Gasteiger partial charge in [0.05, 0.1) is 30.2 Å². The Morgan fingerprint density at radius 2 is 1.86 bits per heavy atom. The SMILES string of the molecule is Cc1cc(Nc2ncnc3cnc(NCCOC(F)(F)F)nc23)ccc1Oc1ccc2c(c1)ncn2C. The molecule has 2 N–H and O–H groups in total. The molecule has 190 valence electrons. The van der Waals surface area contributed by atoms with E-state index in [1.165, 1.54) is 12.5 Å². The summed E-state index contributed by atoms with van der Waals surface area (Å²) in [6, 6.07) is 11.3. The maximum absolute atomic E-state index is 12.2. The zero-order chi connectivity index (χ0) is 26.0. The monoisotopic (exact) mass is 510 g/mol. The van der Waals surface area contributed by atoms with E-state index in [1.54, 1.807) is 6.33 Å². The molecule has 0 fully saturated rings. The Hall–Kier alpha value is -4.52. The van der Waals surface area contributed by atoms with Crippen molar-refractivity contribution >= 4 is 39.5 Å². The van der Waals surface area contributed by atoms with Crippen molar-refractivity contribution in [3.63, 3.8) is 0 Å². The van der Waals surface area contributed by atoms with Gasteiger partial charge in [-0.1, -0.05) is 0 Å². The van der Waals surface area contributed by atoms with Gasteiger partial charge in [0, 0.05) is 25.3 Å². The number of anilines is 3. The molecule has 0 unspecified atom stereocenters. The number of hydrogen-bond acceptors (Lipinski definition) is 9. The number of hydrogen-bond donors (Lipinski definition) is 2. The van der Waals surface area contributed by atoms with E-state index in [-0.39, 0.29) is 12.5 Å². The summed E-state index contributed by atoms with van der Waals surface area (Å²) in [6.07, 6.45) is -0.106. The number of halogens is 3. The molecular weight excluding hydrogens is 489 g/mol. The Kier molecular flexibility index (Phi) is 6.44. The van der Waals surface area contributed by atoms with Crippen LogP contribution in [0.5, 0.6) is 11.5 Å². The Morgan fingerprint density at radius 3 is 2.68 bits per heavy atom. The van der Waals surface area contributed by atoms with Gasteiger partial charge in [0.25, 0.3) is 0 Å². The molecule has 3 heterocycles. The zero-order valence-corrected chi connectivity index (χ0v) is 19.7. The Labute approximate surface area is 208 Å². The Morgan fingerprint density at radius 1 is 1.00 bits per heavy atom. The molecule has 2 aromatic carbocycles. The largest absolute Gasteiger partial charge is 0.522 e. The normalized spacial score (nSPS) is 11.7. The molecule has 0 aliphatic carbocycles. The topological polar surface area (TPSA) is 112 Å². The van der Waals surface area contributed by atoms with E-state index in [2.05, 4.69) is 40.3 Å². The highest BCUT2D eigenvalue weighted by Gasteiger charge is 2.28. The zero-order valence-electron chi connectivity index (χ0n) is 19.7. The lowest BCUT2D eigenvalue weighted by molar-refractivity contribution is -0.322. The maximum atomic E-state index is 12.2. The molecule has 0 aliphatic rings. The van der Waals surface area contributed by atoms with Crippen molar-refractivity contribution in [1.29, 1.82) is 0 Å². The van der Waals surface area contributed by atoms with E-state index < -0.39 is 13.0 Å². The highest BCUT2D eigenvalue weighted by molar-refractivity contribution is 5.87. The van der Waals surface area contributed by atoms with Crippen molar-refractivity contribution in [2.45, 2.75) is 13.3 Å². The molecule has 0 saturated heterocycles. The van der Waals surface area contributed by atoms with E-state index in [1.807, 2.05) is 54.9 Å². The second-order valence-electron chi connectivity index (χ2n) is 8.08.